The minimum atomic E-state index is -0.513. The molecule has 0 atom stereocenters. The van der Waals surface area contributed by atoms with E-state index in [1.807, 2.05) is 0 Å². The molecule has 2 rings (SSSR count). The summed E-state index contributed by atoms with van der Waals surface area (Å²) in [7, 11) is 0. The normalized spacial score (nSPS) is 11.6. The highest BCUT2D eigenvalue weighted by Crippen LogP contribution is 2.16. The van der Waals surface area contributed by atoms with Gasteiger partial charge in [-0.1, -0.05) is 90.9 Å². The van der Waals surface area contributed by atoms with E-state index in [-0.39, 0.29) is 42.6 Å². The van der Waals surface area contributed by atoms with E-state index in [2.05, 4.69) is 28.8 Å². The fourth-order valence-corrected chi connectivity index (χ4v) is 4.71. The van der Waals surface area contributed by atoms with Crippen LogP contribution in [0.5, 0.6) is 0 Å². The molecule has 0 radical (unpaired) electrons. The van der Waals surface area contributed by atoms with Crippen molar-refractivity contribution in [2.75, 3.05) is 5.73 Å². The molecule has 0 aliphatic carbocycles. The second kappa shape index (κ2) is 18.7. The number of ketones is 2. The van der Waals surface area contributed by atoms with Crippen molar-refractivity contribution >= 4 is 28.7 Å². The zero-order valence-electron chi connectivity index (χ0n) is 23.6. The minimum absolute atomic E-state index is 0.00413. The number of imidazole rings is 1. The van der Waals surface area contributed by atoms with Crippen molar-refractivity contribution in [1.29, 1.82) is 0 Å². The molecule has 214 valence electrons. The van der Waals surface area contributed by atoms with Crippen LogP contribution >= 0.6 is 0 Å². The lowest BCUT2D eigenvalue weighted by atomic mass is 9.99. The Morgan fingerprint density at radius 1 is 0.868 bits per heavy atom. The Morgan fingerprint density at radius 3 is 1.89 bits per heavy atom. The van der Waals surface area contributed by atoms with E-state index in [4.69, 9.17) is 10.5 Å². The summed E-state index contributed by atoms with van der Waals surface area (Å²) < 4.78 is 7.63. The van der Waals surface area contributed by atoms with E-state index in [1.54, 1.807) is 4.57 Å². The summed E-state index contributed by atoms with van der Waals surface area (Å²) in [5, 5.41) is 0. The molecule has 0 bridgehead atoms. The number of unbranched alkanes of at least 4 members (excludes halogenated alkanes) is 12. The lowest BCUT2D eigenvalue weighted by molar-refractivity contribution is -0.127. The SMILES string of the molecule is CCCCCCCCCC(=O)CC(CC(=O)CCCCCCCCC)OCn1cnc2c(=O)[nH]c(N)nc21. The second-order valence-corrected chi connectivity index (χ2v) is 10.5. The number of hydrogen-bond donors (Lipinski definition) is 2. The number of aromatic nitrogens is 4. The first-order valence-electron chi connectivity index (χ1n) is 14.8. The average molecular weight is 532 g/mol. The maximum absolute atomic E-state index is 12.7. The molecule has 9 nitrogen and oxygen atoms in total. The molecule has 2 aromatic heterocycles. The number of rotatable bonds is 23. The summed E-state index contributed by atoms with van der Waals surface area (Å²) in [6, 6.07) is 0. The first-order chi connectivity index (χ1) is 18.4. The smallest absolute Gasteiger partial charge is 0.280 e. The molecule has 0 saturated heterocycles. The lowest BCUT2D eigenvalue weighted by Gasteiger charge is -2.17. The van der Waals surface area contributed by atoms with Gasteiger partial charge in [0.2, 0.25) is 5.95 Å². The number of aromatic amines is 1. The summed E-state index contributed by atoms with van der Waals surface area (Å²) in [4.78, 5) is 48.2. The summed E-state index contributed by atoms with van der Waals surface area (Å²) in [5.74, 6) is 0.249. The number of nitrogens with two attached hydrogens (primary N) is 1. The highest BCUT2D eigenvalue weighted by Gasteiger charge is 2.19. The van der Waals surface area contributed by atoms with Gasteiger partial charge in [0.1, 0.15) is 18.3 Å². The van der Waals surface area contributed by atoms with Crippen LogP contribution in [0.25, 0.3) is 11.2 Å². The van der Waals surface area contributed by atoms with Gasteiger partial charge < -0.3 is 10.5 Å². The lowest BCUT2D eigenvalue weighted by Crippen LogP contribution is -2.23. The molecular formula is C29H49N5O4. The van der Waals surface area contributed by atoms with Gasteiger partial charge in [0.15, 0.2) is 11.2 Å². The van der Waals surface area contributed by atoms with E-state index in [1.165, 1.54) is 57.7 Å². The highest BCUT2D eigenvalue weighted by molar-refractivity contribution is 5.82. The molecule has 0 aliphatic rings. The second-order valence-electron chi connectivity index (χ2n) is 10.5. The van der Waals surface area contributed by atoms with E-state index < -0.39 is 11.7 Å². The van der Waals surface area contributed by atoms with Gasteiger partial charge in [-0.15, -0.1) is 0 Å². The van der Waals surface area contributed by atoms with Gasteiger partial charge in [-0.05, 0) is 12.8 Å². The number of fused-ring (bicyclic) bond motifs is 1. The van der Waals surface area contributed by atoms with Gasteiger partial charge in [-0.3, -0.25) is 23.9 Å². The van der Waals surface area contributed by atoms with Crippen molar-refractivity contribution in [2.45, 2.75) is 142 Å². The minimum Gasteiger partial charge on any atom is -0.369 e. The average Bonchev–Trinajstić information content (AvgIpc) is 3.29. The number of carbonyl (C=O) groups is 2. The number of ether oxygens (including phenoxy) is 1. The standard InChI is InChI=1S/C29H49N5O4/c1-3-5-7-9-11-13-15-17-23(35)19-25(20-24(36)18-16-14-12-10-8-6-4-2)38-22-34-21-31-26-27(34)32-29(30)33-28(26)37/h21,25H,3-20,22H2,1-2H3,(H3,30,32,33,37). The van der Waals surface area contributed by atoms with Gasteiger partial charge in [0.05, 0.1) is 12.4 Å². The molecule has 2 heterocycles. The van der Waals surface area contributed by atoms with Crippen LogP contribution in [0.15, 0.2) is 11.1 Å². The number of Topliss-reactive ketones (excluding diaryl/α,β-unsaturated/α-hetero) is 2. The molecule has 0 fully saturated rings. The Bertz CT molecular complexity index is 984. The molecule has 0 aromatic carbocycles. The van der Waals surface area contributed by atoms with Crippen molar-refractivity contribution in [3.8, 4) is 0 Å². The topological polar surface area (TPSA) is 133 Å². The zero-order chi connectivity index (χ0) is 27.6. The maximum Gasteiger partial charge on any atom is 0.280 e. The Hall–Kier alpha value is -2.55. The number of H-pyrrole nitrogens is 1. The van der Waals surface area contributed by atoms with Crippen LogP contribution in [0.1, 0.15) is 129 Å². The predicted molar refractivity (Wildman–Crippen MR) is 152 cm³/mol. The number of hydrogen-bond acceptors (Lipinski definition) is 7. The molecule has 2 aromatic rings. The van der Waals surface area contributed by atoms with Crippen molar-refractivity contribution < 1.29 is 14.3 Å². The maximum atomic E-state index is 12.7. The Kier molecular flexibility index (Phi) is 15.5. The molecule has 3 N–H and O–H groups in total. The summed E-state index contributed by atoms with van der Waals surface area (Å²) in [6.45, 7) is 4.45. The molecule has 9 heteroatoms. The third kappa shape index (κ3) is 12.3. The first-order valence-corrected chi connectivity index (χ1v) is 14.8. The molecule has 38 heavy (non-hydrogen) atoms. The van der Waals surface area contributed by atoms with Crippen molar-refractivity contribution in [3.63, 3.8) is 0 Å². The van der Waals surface area contributed by atoms with E-state index >= 15 is 0 Å². The monoisotopic (exact) mass is 531 g/mol. The van der Waals surface area contributed by atoms with Crippen LogP contribution in [-0.2, 0) is 21.1 Å². The number of nitrogens with one attached hydrogen (secondary N) is 1. The fourth-order valence-electron chi connectivity index (χ4n) is 4.71. The predicted octanol–water partition coefficient (Wildman–Crippen LogP) is 6.24. The van der Waals surface area contributed by atoms with Crippen molar-refractivity contribution in [2.24, 2.45) is 0 Å². The van der Waals surface area contributed by atoms with Gasteiger partial charge in [-0.2, -0.15) is 4.98 Å². The molecule has 0 aliphatic heterocycles. The van der Waals surface area contributed by atoms with Gasteiger partial charge in [0.25, 0.3) is 5.56 Å². The van der Waals surface area contributed by atoms with Crippen LogP contribution < -0.4 is 11.3 Å². The Balaban J connectivity index is 1.87. The van der Waals surface area contributed by atoms with Crippen molar-refractivity contribution in [1.82, 2.24) is 19.5 Å². The third-order valence-electron chi connectivity index (χ3n) is 6.97. The number of carbonyl (C=O) groups excluding carboxylic acids is 2. The van der Waals surface area contributed by atoms with Crippen LogP contribution in [0.3, 0.4) is 0 Å². The van der Waals surface area contributed by atoms with Gasteiger partial charge in [-0.25, -0.2) is 4.98 Å². The summed E-state index contributed by atoms with van der Waals surface area (Å²) in [5.41, 5.74) is 5.75. The molecule has 0 amide bonds. The van der Waals surface area contributed by atoms with Crippen LogP contribution in [0, 0.1) is 0 Å². The largest absolute Gasteiger partial charge is 0.369 e. The number of anilines is 1. The van der Waals surface area contributed by atoms with Crippen LogP contribution in [0.2, 0.25) is 0 Å². The molecular weight excluding hydrogens is 482 g/mol. The Labute approximate surface area is 227 Å². The Morgan fingerprint density at radius 2 is 1.37 bits per heavy atom. The van der Waals surface area contributed by atoms with Crippen molar-refractivity contribution in [3.05, 3.63) is 16.7 Å². The number of nitrogen functional groups attached to an aromatic ring is 1. The fraction of sp³-hybridized carbons (Fsp3) is 0.759. The summed E-state index contributed by atoms with van der Waals surface area (Å²) in [6.07, 6.45) is 18.6. The van der Waals surface area contributed by atoms with Gasteiger partial charge in [0, 0.05) is 25.7 Å². The number of nitrogens with zero attached hydrogens (tertiary/aromatic N) is 3. The van der Waals surface area contributed by atoms with Crippen LogP contribution in [0.4, 0.5) is 5.95 Å². The highest BCUT2D eigenvalue weighted by atomic mass is 16.5. The van der Waals surface area contributed by atoms with Gasteiger partial charge >= 0.3 is 0 Å². The van der Waals surface area contributed by atoms with E-state index in [0.29, 0.717) is 18.5 Å². The van der Waals surface area contributed by atoms with E-state index in [0.717, 1.165) is 38.5 Å². The van der Waals surface area contributed by atoms with E-state index in [9.17, 15) is 14.4 Å². The molecule has 0 spiro atoms. The van der Waals surface area contributed by atoms with Crippen LogP contribution in [-0.4, -0.2) is 37.2 Å². The molecule has 0 unspecified atom stereocenters. The quantitative estimate of drug-likeness (QED) is 0.162. The zero-order valence-corrected chi connectivity index (χ0v) is 23.6. The summed E-state index contributed by atoms with van der Waals surface area (Å²) >= 11 is 0. The third-order valence-corrected chi connectivity index (χ3v) is 6.97. The molecule has 0 saturated carbocycles. The first kappa shape index (κ1) is 31.7.